The minimum absolute atomic E-state index is 0. The summed E-state index contributed by atoms with van der Waals surface area (Å²) in [6.07, 6.45) is 1.15. The Balaban J connectivity index is 0.000000360. The molecule has 44 valence electrons. The van der Waals surface area contributed by atoms with Crippen molar-refractivity contribution in [2.45, 2.75) is 12.5 Å². The minimum Gasteiger partial charge on any atom is -0.327 e. The molecule has 1 aliphatic rings. The van der Waals surface area contributed by atoms with Crippen LogP contribution in [0.2, 0.25) is 0 Å². The molecule has 7 heavy (non-hydrogen) atoms. The molecule has 0 amide bonds. The number of nitrogens with one attached hydrogen (secondary N) is 1. The summed E-state index contributed by atoms with van der Waals surface area (Å²) < 4.78 is 0. The van der Waals surface area contributed by atoms with Gasteiger partial charge in [-0.05, 0) is 13.0 Å². The molecule has 0 spiro atoms. The van der Waals surface area contributed by atoms with Gasteiger partial charge < -0.3 is 11.1 Å². The standard InChI is InChI=1S/C4H10N2.ClH/c5-4-1-2-6-3-4;/h4,6H,1-3,5H2;1H. The van der Waals surface area contributed by atoms with Crippen LogP contribution in [0.1, 0.15) is 6.42 Å². The summed E-state index contributed by atoms with van der Waals surface area (Å²) in [5, 5.41) is 3.15. The van der Waals surface area contributed by atoms with E-state index in [0.29, 0.717) is 6.04 Å². The van der Waals surface area contributed by atoms with Gasteiger partial charge >= 0.3 is 0 Å². The fourth-order valence-electron chi connectivity index (χ4n) is 0.677. The van der Waals surface area contributed by atoms with Crippen molar-refractivity contribution in [1.29, 1.82) is 0 Å². The molecule has 1 unspecified atom stereocenters. The zero-order valence-corrected chi connectivity index (χ0v) is 5.00. The molecular weight excluding hydrogens is 112 g/mol. The molecule has 3 N–H and O–H groups in total. The Morgan fingerprint density at radius 2 is 2.29 bits per heavy atom. The average molecular weight is 123 g/mol. The summed E-state index contributed by atoms with van der Waals surface area (Å²) in [6, 6.07) is 0.435. The molecule has 0 radical (unpaired) electrons. The van der Waals surface area contributed by atoms with Gasteiger partial charge in [-0.1, -0.05) is 0 Å². The van der Waals surface area contributed by atoms with E-state index in [4.69, 9.17) is 5.73 Å². The minimum atomic E-state index is 0. The Bertz CT molecular complexity index is 43.0. The molecule has 0 aromatic carbocycles. The molecule has 1 aliphatic heterocycles. The molecule has 0 aromatic rings. The summed E-state index contributed by atoms with van der Waals surface area (Å²) in [7, 11) is 0. The Hall–Kier alpha value is 0.210. The zero-order chi connectivity index (χ0) is 4.41. The first kappa shape index (κ1) is 7.21. The second-order valence-corrected chi connectivity index (χ2v) is 1.75. The van der Waals surface area contributed by atoms with Gasteiger partial charge in [0.25, 0.3) is 0 Å². The van der Waals surface area contributed by atoms with Gasteiger partial charge in [-0.25, -0.2) is 0 Å². The van der Waals surface area contributed by atoms with Gasteiger partial charge in [-0.3, -0.25) is 0 Å². The van der Waals surface area contributed by atoms with E-state index < -0.39 is 0 Å². The molecule has 0 saturated carbocycles. The average Bonchev–Trinajstić information content (AvgIpc) is 1.86. The maximum absolute atomic E-state index is 5.47. The third-order valence-electron chi connectivity index (χ3n) is 1.10. The van der Waals surface area contributed by atoms with Gasteiger partial charge in [0.2, 0.25) is 0 Å². The van der Waals surface area contributed by atoms with Crippen molar-refractivity contribution in [2.24, 2.45) is 5.73 Å². The van der Waals surface area contributed by atoms with Gasteiger partial charge in [0.15, 0.2) is 0 Å². The van der Waals surface area contributed by atoms with Crippen LogP contribution in [0, 0.1) is 0 Å². The summed E-state index contributed by atoms with van der Waals surface area (Å²) in [5.74, 6) is 0. The first-order valence-electron chi connectivity index (χ1n) is 2.36. The highest BCUT2D eigenvalue weighted by atomic mass is 35.5. The number of hydrogen-bond donors (Lipinski definition) is 2. The highest BCUT2D eigenvalue weighted by molar-refractivity contribution is 5.85. The van der Waals surface area contributed by atoms with Gasteiger partial charge in [0, 0.05) is 12.6 Å². The molecule has 1 atom stereocenters. The van der Waals surface area contributed by atoms with E-state index in [1.807, 2.05) is 0 Å². The van der Waals surface area contributed by atoms with Gasteiger partial charge in [-0.15, -0.1) is 12.4 Å². The quantitative estimate of drug-likeness (QED) is 0.464. The van der Waals surface area contributed by atoms with Crippen molar-refractivity contribution in [3.63, 3.8) is 0 Å². The third-order valence-corrected chi connectivity index (χ3v) is 1.10. The fourth-order valence-corrected chi connectivity index (χ4v) is 0.677. The highest BCUT2D eigenvalue weighted by Crippen LogP contribution is 1.90. The Morgan fingerprint density at radius 1 is 1.57 bits per heavy atom. The lowest BCUT2D eigenvalue weighted by atomic mass is 10.3. The summed E-state index contributed by atoms with van der Waals surface area (Å²) in [4.78, 5) is 0. The molecule has 1 heterocycles. The van der Waals surface area contributed by atoms with Crippen molar-refractivity contribution in [1.82, 2.24) is 5.32 Å². The smallest absolute Gasteiger partial charge is 0.0177 e. The molecule has 2 nitrogen and oxygen atoms in total. The first-order chi connectivity index (χ1) is 2.89. The zero-order valence-electron chi connectivity index (χ0n) is 4.18. The van der Waals surface area contributed by atoms with Crippen LogP contribution in [0.4, 0.5) is 0 Å². The number of nitrogens with two attached hydrogens (primary N) is 1. The van der Waals surface area contributed by atoms with Crippen LogP contribution in [0.5, 0.6) is 0 Å². The number of halogens is 1. The van der Waals surface area contributed by atoms with E-state index in [2.05, 4.69) is 5.32 Å². The van der Waals surface area contributed by atoms with Crippen molar-refractivity contribution in [2.75, 3.05) is 13.1 Å². The van der Waals surface area contributed by atoms with Crippen LogP contribution in [-0.4, -0.2) is 19.1 Å². The lowest BCUT2D eigenvalue weighted by Crippen LogP contribution is -2.21. The van der Waals surface area contributed by atoms with Crippen LogP contribution >= 0.6 is 12.4 Å². The lowest BCUT2D eigenvalue weighted by Gasteiger charge is -1.91. The Labute approximate surface area is 49.9 Å². The van der Waals surface area contributed by atoms with E-state index in [1.54, 1.807) is 0 Å². The molecule has 1 saturated heterocycles. The van der Waals surface area contributed by atoms with Crippen molar-refractivity contribution in [3.8, 4) is 0 Å². The number of rotatable bonds is 0. The van der Waals surface area contributed by atoms with E-state index in [0.717, 1.165) is 19.5 Å². The van der Waals surface area contributed by atoms with E-state index in [-0.39, 0.29) is 12.4 Å². The van der Waals surface area contributed by atoms with Crippen molar-refractivity contribution < 1.29 is 0 Å². The van der Waals surface area contributed by atoms with Crippen molar-refractivity contribution >= 4 is 12.4 Å². The third kappa shape index (κ3) is 2.12. The molecule has 1 fully saturated rings. The van der Waals surface area contributed by atoms with Crippen LogP contribution in [0.15, 0.2) is 0 Å². The second kappa shape index (κ2) is 3.24. The van der Waals surface area contributed by atoms with Crippen LogP contribution in [0.3, 0.4) is 0 Å². The molecule has 0 bridgehead atoms. The molecule has 0 aromatic heterocycles. The molecule has 0 aliphatic carbocycles. The Kier molecular flexibility index (Phi) is 3.34. The summed E-state index contributed by atoms with van der Waals surface area (Å²) in [5.41, 5.74) is 5.47. The van der Waals surface area contributed by atoms with Crippen LogP contribution < -0.4 is 11.1 Å². The first-order valence-corrected chi connectivity index (χ1v) is 2.36. The lowest BCUT2D eigenvalue weighted by molar-refractivity contribution is 0.742. The summed E-state index contributed by atoms with van der Waals surface area (Å²) in [6.45, 7) is 2.13. The van der Waals surface area contributed by atoms with E-state index >= 15 is 0 Å². The van der Waals surface area contributed by atoms with Crippen LogP contribution in [-0.2, 0) is 0 Å². The highest BCUT2D eigenvalue weighted by Gasteiger charge is 2.06. The predicted molar refractivity (Wildman–Crippen MR) is 32.7 cm³/mol. The number of hydrogen-bond acceptors (Lipinski definition) is 2. The molecule has 1 rings (SSSR count). The largest absolute Gasteiger partial charge is 0.327 e. The Morgan fingerprint density at radius 3 is 2.43 bits per heavy atom. The SMILES string of the molecule is Cl.NC1CCNC1. The summed E-state index contributed by atoms with van der Waals surface area (Å²) >= 11 is 0. The van der Waals surface area contributed by atoms with Crippen LogP contribution in [0.25, 0.3) is 0 Å². The fraction of sp³-hybridized carbons (Fsp3) is 1.00. The van der Waals surface area contributed by atoms with E-state index in [1.165, 1.54) is 0 Å². The monoisotopic (exact) mass is 122 g/mol. The van der Waals surface area contributed by atoms with Gasteiger partial charge in [-0.2, -0.15) is 0 Å². The maximum Gasteiger partial charge on any atom is 0.0177 e. The van der Waals surface area contributed by atoms with E-state index in [9.17, 15) is 0 Å². The molecule has 3 heteroatoms. The molecular formula is C4H11ClN2. The second-order valence-electron chi connectivity index (χ2n) is 1.75. The topological polar surface area (TPSA) is 38.0 Å². The predicted octanol–water partition coefficient (Wildman–Crippen LogP) is -0.271. The van der Waals surface area contributed by atoms with Gasteiger partial charge in [0.1, 0.15) is 0 Å². The maximum atomic E-state index is 5.47. The van der Waals surface area contributed by atoms with Gasteiger partial charge in [0.05, 0.1) is 0 Å². The van der Waals surface area contributed by atoms with Crippen molar-refractivity contribution in [3.05, 3.63) is 0 Å². The normalized spacial score (nSPS) is 29.6.